The molecule has 0 spiro atoms. The monoisotopic (exact) mass is 231 g/mol. The first-order chi connectivity index (χ1) is 7.09. The van der Waals surface area contributed by atoms with E-state index in [0.29, 0.717) is 0 Å². The van der Waals surface area contributed by atoms with Crippen molar-refractivity contribution in [2.24, 2.45) is 11.7 Å². The lowest BCUT2D eigenvalue weighted by Gasteiger charge is -2.31. The summed E-state index contributed by atoms with van der Waals surface area (Å²) in [6, 6.07) is 1.67. The summed E-state index contributed by atoms with van der Waals surface area (Å²) < 4.78 is 27.0. The molecule has 1 fully saturated rings. The molecule has 1 atom stereocenters. The lowest BCUT2D eigenvalue weighted by molar-refractivity contribution is 0.256. The van der Waals surface area contributed by atoms with Crippen molar-refractivity contribution in [2.75, 3.05) is 0 Å². The van der Waals surface area contributed by atoms with Crippen molar-refractivity contribution in [1.29, 1.82) is 0 Å². The molecule has 1 aliphatic rings. The van der Waals surface area contributed by atoms with Crippen LogP contribution in [0.25, 0.3) is 0 Å². The summed E-state index contributed by atoms with van der Waals surface area (Å²) in [5.41, 5.74) is 5.80. The first-order valence-electron chi connectivity index (χ1n) is 4.99. The van der Waals surface area contributed by atoms with Crippen molar-refractivity contribution < 1.29 is 8.78 Å². The Morgan fingerprint density at radius 2 is 1.80 bits per heavy atom. The van der Waals surface area contributed by atoms with E-state index >= 15 is 0 Å². The normalized spacial score (nSPS) is 18.7. The van der Waals surface area contributed by atoms with E-state index < -0.39 is 17.7 Å². The van der Waals surface area contributed by atoms with Gasteiger partial charge in [-0.25, -0.2) is 8.78 Å². The Balaban J connectivity index is 2.33. The average molecular weight is 232 g/mol. The lowest BCUT2D eigenvalue weighted by Crippen LogP contribution is -2.28. The Kier molecular flexibility index (Phi) is 2.94. The van der Waals surface area contributed by atoms with Crippen LogP contribution in [0.3, 0.4) is 0 Å². The molecule has 15 heavy (non-hydrogen) atoms. The van der Waals surface area contributed by atoms with E-state index in [1.54, 1.807) is 0 Å². The third-order valence-corrected chi connectivity index (χ3v) is 3.25. The van der Waals surface area contributed by atoms with Crippen LogP contribution in [0, 0.1) is 17.6 Å². The Morgan fingerprint density at radius 1 is 1.27 bits per heavy atom. The van der Waals surface area contributed by atoms with Crippen molar-refractivity contribution in [1.82, 2.24) is 0 Å². The van der Waals surface area contributed by atoms with Gasteiger partial charge in [0, 0.05) is 16.6 Å². The van der Waals surface area contributed by atoms with Gasteiger partial charge in [-0.1, -0.05) is 18.0 Å². The second kappa shape index (κ2) is 4.06. The Labute approximate surface area is 92.2 Å². The fourth-order valence-corrected chi connectivity index (χ4v) is 2.10. The van der Waals surface area contributed by atoms with Gasteiger partial charge in [0.05, 0.1) is 0 Å². The smallest absolute Gasteiger partial charge is 0.132 e. The lowest BCUT2D eigenvalue weighted by atomic mass is 9.77. The highest BCUT2D eigenvalue weighted by molar-refractivity contribution is 6.30. The predicted molar refractivity (Wildman–Crippen MR) is 55.6 cm³/mol. The highest BCUT2D eigenvalue weighted by Gasteiger charge is 2.29. The minimum atomic E-state index is -0.639. The van der Waals surface area contributed by atoms with Crippen molar-refractivity contribution in [3.8, 4) is 0 Å². The fraction of sp³-hybridized carbons (Fsp3) is 0.455. The molecule has 82 valence electrons. The molecule has 0 radical (unpaired) electrons. The number of hydrogen-bond donors (Lipinski definition) is 1. The maximum Gasteiger partial charge on any atom is 0.132 e. The quantitative estimate of drug-likeness (QED) is 0.829. The molecule has 4 heteroatoms. The van der Waals surface area contributed by atoms with E-state index in [1.807, 2.05) is 0 Å². The first-order valence-corrected chi connectivity index (χ1v) is 5.37. The van der Waals surface area contributed by atoms with Crippen LogP contribution in [0.1, 0.15) is 30.9 Å². The molecular weight excluding hydrogens is 220 g/mol. The summed E-state index contributed by atoms with van der Waals surface area (Å²) in [7, 11) is 0. The molecule has 0 unspecified atom stereocenters. The zero-order valence-corrected chi connectivity index (χ0v) is 8.90. The van der Waals surface area contributed by atoms with E-state index in [4.69, 9.17) is 17.3 Å². The molecule has 1 nitrogen and oxygen atoms in total. The Morgan fingerprint density at radius 3 is 2.20 bits per heavy atom. The Bertz CT molecular complexity index is 354. The number of halogens is 3. The fourth-order valence-electron chi connectivity index (χ4n) is 1.91. The maximum atomic E-state index is 13.5. The summed E-state index contributed by atoms with van der Waals surface area (Å²) in [5, 5.41) is 0.0644. The molecule has 2 N–H and O–H groups in total. The van der Waals surface area contributed by atoms with Gasteiger partial charge in [-0.05, 0) is 30.9 Å². The number of hydrogen-bond acceptors (Lipinski definition) is 1. The molecule has 1 aromatic rings. The molecule has 0 bridgehead atoms. The van der Waals surface area contributed by atoms with Crippen molar-refractivity contribution in [3.05, 3.63) is 34.4 Å². The van der Waals surface area contributed by atoms with Crippen LogP contribution in [0.5, 0.6) is 0 Å². The molecule has 1 aromatic carbocycles. The minimum absolute atomic E-state index is 0.0240. The molecule has 0 aliphatic heterocycles. The van der Waals surface area contributed by atoms with Gasteiger partial charge in [0.15, 0.2) is 0 Å². The second-order valence-corrected chi connectivity index (χ2v) is 4.44. The molecule has 0 amide bonds. The molecule has 0 heterocycles. The van der Waals surface area contributed by atoms with E-state index in [9.17, 15) is 8.78 Å². The number of benzene rings is 1. The third kappa shape index (κ3) is 1.99. The summed E-state index contributed by atoms with van der Waals surface area (Å²) in [4.78, 5) is 0. The molecule has 0 saturated heterocycles. The zero-order valence-electron chi connectivity index (χ0n) is 8.14. The van der Waals surface area contributed by atoms with Crippen LogP contribution < -0.4 is 5.73 Å². The number of nitrogens with two attached hydrogens (primary N) is 1. The second-order valence-electron chi connectivity index (χ2n) is 4.00. The van der Waals surface area contributed by atoms with E-state index in [1.165, 1.54) is 0 Å². The average Bonchev–Trinajstić information content (AvgIpc) is 1.97. The maximum absolute atomic E-state index is 13.5. The summed E-state index contributed by atoms with van der Waals surface area (Å²) >= 11 is 5.53. The topological polar surface area (TPSA) is 26.0 Å². The summed E-state index contributed by atoms with van der Waals surface area (Å²) in [5.74, 6) is -1.08. The zero-order chi connectivity index (χ0) is 11.0. The van der Waals surface area contributed by atoms with Gasteiger partial charge in [-0.15, -0.1) is 0 Å². The number of rotatable bonds is 2. The highest BCUT2D eigenvalue weighted by atomic mass is 35.5. The van der Waals surface area contributed by atoms with Crippen molar-refractivity contribution in [2.45, 2.75) is 25.3 Å². The van der Waals surface area contributed by atoms with Crippen LogP contribution in [0.4, 0.5) is 8.78 Å². The van der Waals surface area contributed by atoms with Gasteiger partial charge in [0.1, 0.15) is 11.6 Å². The van der Waals surface area contributed by atoms with Crippen molar-refractivity contribution in [3.63, 3.8) is 0 Å². The standard InChI is InChI=1S/C11H12ClF2N/c12-7-4-8(13)10(9(14)5-7)11(15)6-2-1-3-6/h4-6,11H,1-3,15H2/t11-/m1/s1. The molecule has 0 aromatic heterocycles. The molecular formula is C11H12ClF2N. The van der Waals surface area contributed by atoms with Gasteiger partial charge >= 0.3 is 0 Å². The van der Waals surface area contributed by atoms with E-state index in [2.05, 4.69) is 0 Å². The van der Waals surface area contributed by atoms with Gasteiger partial charge in [0.25, 0.3) is 0 Å². The van der Waals surface area contributed by atoms with E-state index in [0.717, 1.165) is 31.4 Å². The summed E-state index contributed by atoms with van der Waals surface area (Å²) in [6.45, 7) is 0. The van der Waals surface area contributed by atoms with E-state index in [-0.39, 0.29) is 16.5 Å². The van der Waals surface area contributed by atoms with Gasteiger partial charge in [0.2, 0.25) is 0 Å². The van der Waals surface area contributed by atoms with Crippen LogP contribution in [0.2, 0.25) is 5.02 Å². The first kappa shape index (κ1) is 10.8. The predicted octanol–water partition coefficient (Wildman–Crippen LogP) is 3.42. The molecule has 1 aliphatic carbocycles. The third-order valence-electron chi connectivity index (χ3n) is 3.03. The van der Waals surface area contributed by atoms with Gasteiger partial charge in [-0.2, -0.15) is 0 Å². The minimum Gasteiger partial charge on any atom is -0.324 e. The van der Waals surface area contributed by atoms with Crippen LogP contribution in [0.15, 0.2) is 12.1 Å². The van der Waals surface area contributed by atoms with Crippen LogP contribution in [-0.2, 0) is 0 Å². The molecule has 1 saturated carbocycles. The SMILES string of the molecule is N[C@@H](c1c(F)cc(Cl)cc1F)C1CCC1. The largest absolute Gasteiger partial charge is 0.324 e. The summed E-state index contributed by atoms with van der Waals surface area (Å²) in [6.07, 6.45) is 2.99. The van der Waals surface area contributed by atoms with Gasteiger partial charge < -0.3 is 5.73 Å². The van der Waals surface area contributed by atoms with Crippen LogP contribution >= 0.6 is 11.6 Å². The molecule has 2 rings (SSSR count). The van der Waals surface area contributed by atoms with Gasteiger partial charge in [-0.3, -0.25) is 0 Å². The van der Waals surface area contributed by atoms with Crippen LogP contribution in [-0.4, -0.2) is 0 Å². The highest BCUT2D eigenvalue weighted by Crippen LogP contribution is 2.38. The van der Waals surface area contributed by atoms with Crippen molar-refractivity contribution >= 4 is 11.6 Å². The Hall–Kier alpha value is -0.670.